The quantitative estimate of drug-likeness (QED) is 0.672. The molecule has 2 nitrogen and oxygen atoms in total. The van der Waals surface area contributed by atoms with Gasteiger partial charge in [-0.3, -0.25) is 4.79 Å². The third-order valence-corrected chi connectivity index (χ3v) is 3.24. The molecule has 0 spiro atoms. The highest BCUT2D eigenvalue weighted by Crippen LogP contribution is 2.56. The lowest BCUT2D eigenvalue weighted by Gasteiger charge is -2.02. The van der Waals surface area contributed by atoms with Crippen molar-refractivity contribution in [3.8, 4) is 0 Å². The van der Waals surface area contributed by atoms with Gasteiger partial charge in [-0.05, 0) is 37.2 Å². The molecule has 0 aromatic carbocycles. The van der Waals surface area contributed by atoms with Crippen molar-refractivity contribution in [1.29, 1.82) is 0 Å². The summed E-state index contributed by atoms with van der Waals surface area (Å²) in [6.07, 6.45) is 5.94. The zero-order chi connectivity index (χ0) is 8.84. The third-order valence-electron chi connectivity index (χ3n) is 3.24. The predicted octanol–water partition coefficient (Wildman–Crippen LogP) is 1.82. The molecule has 2 saturated carbocycles. The first-order valence-electron chi connectivity index (χ1n) is 5.03. The number of rotatable bonds is 2. The average Bonchev–Trinajstić information content (AvgIpc) is 3.00. The molecule has 2 heteroatoms. The summed E-state index contributed by atoms with van der Waals surface area (Å²) >= 11 is 0. The normalized spacial score (nSPS) is 31.7. The number of pyridine rings is 1. The predicted molar refractivity (Wildman–Crippen MR) is 50.6 cm³/mol. The Morgan fingerprint density at radius 1 is 1.31 bits per heavy atom. The van der Waals surface area contributed by atoms with Crippen molar-refractivity contribution in [3.05, 3.63) is 34.7 Å². The van der Waals surface area contributed by atoms with Gasteiger partial charge >= 0.3 is 0 Å². The highest BCUT2D eigenvalue weighted by Gasteiger charge is 2.48. The first kappa shape index (κ1) is 7.36. The maximum absolute atomic E-state index is 11.5. The summed E-state index contributed by atoms with van der Waals surface area (Å²) in [5.74, 6) is 1.76. The van der Waals surface area contributed by atoms with E-state index < -0.39 is 0 Å². The molecule has 1 aromatic heterocycles. The first-order valence-corrected chi connectivity index (χ1v) is 5.03. The van der Waals surface area contributed by atoms with Gasteiger partial charge in [-0.25, -0.2) is 0 Å². The molecule has 1 aromatic rings. The lowest BCUT2D eigenvalue weighted by atomic mass is 10.2. The Labute approximate surface area is 77.2 Å². The van der Waals surface area contributed by atoms with Crippen molar-refractivity contribution < 1.29 is 0 Å². The van der Waals surface area contributed by atoms with Crippen LogP contribution in [-0.2, 0) is 0 Å². The minimum atomic E-state index is 0.163. The Kier molecular flexibility index (Phi) is 1.40. The van der Waals surface area contributed by atoms with E-state index in [1.165, 1.54) is 19.3 Å². The van der Waals surface area contributed by atoms with Gasteiger partial charge in [0.25, 0.3) is 5.56 Å². The zero-order valence-corrected chi connectivity index (χ0v) is 7.52. The lowest BCUT2D eigenvalue weighted by molar-refractivity contribution is 0.588. The number of aromatic nitrogens is 1. The van der Waals surface area contributed by atoms with E-state index in [4.69, 9.17) is 0 Å². The van der Waals surface area contributed by atoms with Crippen LogP contribution in [-0.4, -0.2) is 4.57 Å². The summed E-state index contributed by atoms with van der Waals surface area (Å²) in [6.45, 7) is 0. The van der Waals surface area contributed by atoms with Crippen molar-refractivity contribution in [3.63, 3.8) is 0 Å². The van der Waals surface area contributed by atoms with Gasteiger partial charge in [0.15, 0.2) is 0 Å². The maximum Gasteiger partial charge on any atom is 0.250 e. The summed E-state index contributed by atoms with van der Waals surface area (Å²) < 4.78 is 1.91. The van der Waals surface area contributed by atoms with Crippen LogP contribution in [0.1, 0.15) is 25.3 Å². The number of hydrogen-bond donors (Lipinski definition) is 0. The Bertz CT molecular complexity index is 378. The van der Waals surface area contributed by atoms with Crippen LogP contribution in [0.15, 0.2) is 29.2 Å². The van der Waals surface area contributed by atoms with Gasteiger partial charge in [-0.2, -0.15) is 0 Å². The fraction of sp³-hybridized carbons (Fsp3) is 0.545. The standard InChI is InChI=1S/C11H13NO/c13-11-3-1-2-6-12(11)10-7-9(10)8-4-5-8/h1-3,6,8-10H,4-5,7H2. The monoisotopic (exact) mass is 175 g/mol. The van der Waals surface area contributed by atoms with Gasteiger partial charge in [-0.15, -0.1) is 0 Å². The fourth-order valence-corrected chi connectivity index (χ4v) is 2.26. The maximum atomic E-state index is 11.5. The molecule has 68 valence electrons. The summed E-state index contributed by atoms with van der Waals surface area (Å²) in [5.41, 5.74) is 0.163. The first-order chi connectivity index (χ1) is 6.36. The molecule has 1 heterocycles. The van der Waals surface area contributed by atoms with Crippen molar-refractivity contribution >= 4 is 0 Å². The molecule has 2 unspecified atom stereocenters. The van der Waals surface area contributed by atoms with Crippen molar-refractivity contribution in [2.75, 3.05) is 0 Å². The summed E-state index contributed by atoms with van der Waals surface area (Å²) in [5, 5.41) is 0. The van der Waals surface area contributed by atoms with E-state index >= 15 is 0 Å². The van der Waals surface area contributed by atoms with Gasteiger partial charge in [-0.1, -0.05) is 6.07 Å². The minimum absolute atomic E-state index is 0.163. The fourth-order valence-electron chi connectivity index (χ4n) is 2.26. The van der Waals surface area contributed by atoms with E-state index in [0.717, 1.165) is 11.8 Å². The third kappa shape index (κ3) is 1.21. The largest absolute Gasteiger partial charge is 0.312 e. The zero-order valence-electron chi connectivity index (χ0n) is 7.52. The molecular weight excluding hydrogens is 162 g/mol. The molecule has 0 saturated heterocycles. The number of hydrogen-bond acceptors (Lipinski definition) is 1. The van der Waals surface area contributed by atoms with Gasteiger partial charge in [0.2, 0.25) is 0 Å². The van der Waals surface area contributed by atoms with Crippen LogP contribution in [0.3, 0.4) is 0 Å². The summed E-state index contributed by atoms with van der Waals surface area (Å²) in [6, 6.07) is 5.94. The molecule has 0 radical (unpaired) electrons. The molecule has 13 heavy (non-hydrogen) atoms. The van der Waals surface area contributed by atoms with E-state index in [0.29, 0.717) is 6.04 Å². The minimum Gasteiger partial charge on any atom is -0.312 e. The Morgan fingerprint density at radius 2 is 2.15 bits per heavy atom. The van der Waals surface area contributed by atoms with Crippen LogP contribution >= 0.6 is 0 Å². The Morgan fingerprint density at radius 3 is 2.85 bits per heavy atom. The summed E-state index contributed by atoms with van der Waals surface area (Å²) in [7, 11) is 0. The molecule has 2 aliphatic rings. The van der Waals surface area contributed by atoms with Crippen molar-refractivity contribution in [2.45, 2.75) is 25.3 Å². The second kappa shape index (κ2) is 2.47. The van der Waals surface area contributed by atoms with Gasteiger partial charge in [0.1, 0.15) is 0 Å². The molecule has 2 fully saturated rings. The van der Waals surface area contributed by atoms with E-state index in [9.17, 15) is 4.79 Å². The second-order valence-electron chi connectivity index (χ2n) is 4.25. The molecule has 0 bridgehead atoms. The average molecular weight is 175 g/mol. The Balaban J connectivity index is 1.86. The van der Waals surface area contributed by atoms with Crippen LogP contribution in [0.4, 0.5) is 0 Å². The highest BCUT2D eigenvalue weighted by atomic mass is 16.1. The number of nitrogens with zero attached hydrogens (tertiary/aromatic N) is 1. The van der Waals surface area contributed by atoms with Crippen LogP contribution in [0, 0.1) is 11.8 Å². The Hall–Kier alpha value is -1.05. The molecule has 0 N–H and O–H groups in total. The molecule has 3 rings (SSSR count). The topological polar surface area (TPSA) is 22.0 Å². The SMILES string of the molecule is O=c1ccccn1C1CC1C1CC1. The van der Waals surface area contributed by atoms with Crippen molar-refractivity contribution in [2.24, 2.45) is 11.8 Å². The van der Waals surface area contributed by atoms with Crippen molar-refractivity contribution in [1.82, 2.24) is 4.57 Å². The van der Waals surface area contributed by atoms with Crippen LogP contribution in [0.25, 0.3) is 0 Å². The van der Waals surface area contributed by atoms with Crippen LogP contribution < -0.4 is 5.56 Å². The molecule has 2 aliphatic carbocycles. The second-order valence-corrected chi connectivity index (χ2v) is 4.25. The van der Waals surface area contributed by atoms with E-state index in [1.54, 1.807) is 6.07 Å². The van der Waals surface area contributed by atoms with E-state index in [-0.39, 0.29) is 5.56 Å². The van der Waals surface area contributed by atoms with E-state index in [1.807, 2.05) is 22.9 Å². The van der Waals surface area contributed by atoms with Crippen LogP contribution in [0.5, 0.6) is 0 Å². The summed E-state index contributed by atoms with van der Waals surface area (Å²) in [4.78, 5) is 11.5. The molecule has 2 atom stereocenters. The smallest absolute Gasteiger partial charge is 0.250 e. The highest BCUT2D eigenvalue weighted by molar-refractivity contribution is 5.05. The van der Waals surface area contributed by atoms with E-state index in [2.05, 4.69) is 0 Å². The molecular formula is C11H13NO. The lowest BCUT2D eigenvalue weighted by Crippen LogP contribution is -2.17. The molecule has 0 amide bonds. The van der Waals surface area contributed by atoms with Gasteiger partial charge in [0, 0.05) is 18.3 Å². The van der Waals surface area contributed by atoms with Gasteiger partial charge in [0.05, 0.1) is 0 Å². The van der Waals surface area contributed by atoms with Gasteiger partial charge < -0.3 is 4.57 Å². The molecule has 0 aliphatic heterocycles. The van der Waals surface area contributed by atoms with Crippen LogP contribution in [0.2, 0.25) is 0 Å².